The summed E-state index contributed by atoms with van der Waals surface area (Å²) in [6, 6.07) is 10.4. The third-order valence-corrected chi connectivity index (χ3v) is 7.27. The van der Waals surface area contributed by atoms with E-state index < -0.39 is 27.1 Å². The highest BCUT2D eigenvalue weighted by Gasteiger charge is 2.59. The predicted molar refractivity (Wildman–Crippen MR) is 115 cm³/mol. The molecule has 166 valence electrons. The summed E-state index contributed by atoms with van der Waals surface area (Å²) in [6.07, 6.45) is 2.24. The quantitative estimate of drug-likeness (QED) is 0.759. The minimum Gasteiger partial charge on any atom is -0.338 e. The summed E-state index contributed by atoms with van der Waals surface area (Å²) in [5.74, 6) is -1.48. The Balaban J connectivity index is 1.60. The molecule has 8 heteroatoms. The van der Waals surface area contributed by atoms with Crippen molar-refractivity contribution in [2.75, 3.05) is 12.8 Å². The zero-order chi connectivity index (χ0) is 22.6. The van der Waals surface area contributed by atoms with Crippen LogP contribution in [0.4, 0.5) is 8.78 Å². The molecule has 0 unspecified atom stereocenters. The number of amides is 1. The molecule has 0 aromatic heterocycles. The van der Waals surface area contributed by atoms with Crippen LogP contribution in [0.3, 0.4) is 0 Å². The van der Waals surface area contributed by atoms with Crippen LogP contribution >= 0.6 is 0 Å². The number of sulfonamides is 1. The van der Waals surface area contributed by atoms with Gasteiger partial charge in [0.25, 0.3) is 0 Å². The van der Waals surface area contributed by atoms with Crippen LogP contribution in [0.15, 0.2) is 42.5 Å². The molecule has 0 radical (unpaired) electrons. The van der Waals surface area contributed by atoms with Crippen molar-refractivity contribution >= 4 is 15.9 Å². The fourth-order valence-corrected chi connectivity index (χ4v) is 5.64. The number of benzene rings is 2. The lowest BCUT2D eigenvalue weighted by molar-refractivity contribution is -0.137. The lowest BCUT2D eigenvalue weighted by atomic mass is 9.91. The molecule has 2 aromatic carbocycles. The molecule has 2 fully saturated rings. The topological polar surface area (TPSA) is 66.5 Å². The van der Waals surface area contributed by atoms with Gasteiger partial charge in [0.1, 0.15) is 11.6 Å². The standard InChI is InChI=1S/C23H26F2N2O3S/c1-14-11-15(26-31(3,29)30)13-27(14)22(28)23(2)12-18(23)16-7-4-5-8-17(16)21-19(24)9-6-10-20(21)25/h4-10,14-15,18,26H,11-13H2,1-3H3/t14-,15-,18-,23+/m0/s1. The zero-order valence-corrected chi connectivity index (χ0v) is 18.5. The fraction of sp³-hybridized carbons (Fsp3) is 0.435. The molecule has 2 aliphatic rings. The van der Waals surface area contributed by atoms with Crippen LogP contribution in [-0.2, 0) is 14.8 Å². The first-order chi connectivity index (χ1) is 14.5. The summed E-state index contributed by atoms with van der Waals surface area (Å²) in [5.41, 5.74) is 0.448. The SMILES string of the molecule is C[C@H]1C[C@H](NS(C)(=O)=O)CN1C(=O)[C@]1(C)C[C@H]1c1ccccc1-c1c(F)cccc1F. The van der Waals surface area contributed by atoms with Gasteiger partial charge in [0.05, 0.1) is 17.2 Å². The van der Waals surface area contributed by atoms with Gasteiger partial charge in [-0.05, 0) is 48.9 Å². The van der Waals surface area contributed by atoms with E-state index in [0.717, 1.165) is 11.8 Å². The van der Waals surface area contributed by atoms with E-state index in [1.807, 2.05) is 26.0 Å². The van der Waals surface area contributed by atoms with Gasteiger partial charge in [0.15, 0.2) is 0 Å². The van der Waals surface area contributed by atoms with E-state index in [-0.39, 0.29) is 29.5 Å². The highest BCUT2D eigenvalue weighted by atomic mass is 32.2. The number of halogens is 2. The van der Waals surface area contributed by atoms with Crippen molar-refractivity contribution in [1.82, 2.24) is 9.62 Å². The molecule has 31 heavy (non-hydrogen) atoms. The Kier molecular flexibility index (Phi) is 5.42. The zero-order valence-electron chi connectivity index (χ0n) is 17.7. The highest BCUT2D eigenvalue weighted by molar-refractivity contribution is 7.88. The fourth-order valence-electron chi connectivity index (χ4n) is 4.87. The van der Waals surface area contributed by atoms with Crippen molar-refractivity contribution < 1.29 is 22.0 Å². The van der Waals surface area contributed by atoms with Crippen LogP contribution < -0.4 is 4.72 Å². The number of hydrogen-bond acceptors (Lipinski definition) is 3. The molecule has 1 heterocycles. The number of nitrogens with one attached hydrogen (secondary N) is 1. The van der Waals surface area contributed by atoms with Crippen molar-refractivity contribution in [2.24, 2.45) is 5.41 Å². The van der Waals surface area contributed by atoms with Crippen molar-refractivity contribution in [2.45, 2.75) is 44.7 Å². The van der Waals surface area contributed by atoms with Gasteiger partial charge >= 0.3 is 0 Å². The summed E-state index contributed by atoms with van der Waals surface area (Å²) in [7, 11) is -3.36. The Labute approximate surface area is 181 Å². The van der Waals surface area contributed by atoms with E-state index in [2.05, 4.69) is 4.72 Å². The first-order valence-electron chi connectivity index (χ1n) is 10.3. The van der Waals surface area contributed by atoms with Crippen LogP contribution in [0.1, 0.15) is 38.2 Å². The molecular weight excluding hydrogens is 422 g/mol. The molecule has 1 amide bonds. The van der Waals surface area contributed by atoms with E-state index in [9.17, 15) is 22.0 Å². The summed E-state index contributed by atoms with van der Waals surface area (Å²) in [4.78, 5) is 15.1. The largest absolute Gasteiger partial charge is 0.338 e. The van der Waals surface area contributed by atoms with E-state index in [1.54, 1.807) is 17.0 Å². The van der Waals surface area contributed by atoms with Gasteiger partial charge in [-0.15, -0.1) is 0 Å². The summed E-state index contributed by atoms with van der Waals surface area (Å²) >= 11 is 0. The second kappa shape index (κ2) is 7.67. The Hall–Kier alpha value is -2.32. The molecular formula is C23H26F2N2O3S. The first-order valence-corrected chi connectivity index (χ1v) is 12.2. The van der Waals surface area contributed by atoms with Crippen molar-refractivity contribution in [3.63, 3.8) is 0 Å². The Morgan fingerprint density at radius 2 is 1.77 bits per heavy atom. The van der Waals surface area contributed by atoms with E-state index in [4.69, 9.17) is 0 Å². The number of hydrogen-bond donors (Lipinski definition) is 1. The van der Waals surface area contributed by atoms with E-state index >= 15 is 0 Å². The third-order valence-electron chi connectivity index (χ3n) is 6.51. The van der Waals surface area contributed by atoms with Crippen LogP contribution in [-0.4, -0.2) is 44.1 Å². The molecule has 1 N–H and O–H groups in total. The van der Waals surface area contributed by atoms with Gasteiger partial charge < -0.3 is 4.90 Å². The predicted octanol–water partition coefficient (Wildman–Crippen LogP) is 3.66. The molecule has 4 rings (SSSR count). The average Bonchev–Trinajstić information content (AvgIpc) is 3.24. The second-order valence-corrected chi connectivity index (χ2v) is 10.8. The Morgan fingerprint density at radius 1 is 1.13 bits per heavy atom. The smallest absolute Gasteiger partial charge is 0.229 e. The molecule has 0 bridgehead atoms. The molecule has 0 spiro atoms. The van der Waals surface area contributed by atoms with Crippen LogP contribution in [0.25, 0.3) is 11.1 Å². The molecule has 4 atom stereocenters. The van der Waals surface area contributed by atoms with Gasteiger partial charge in [-0.3, -0.25) is 4.79 Å². The monoisotopic (exact) mass is 448 g/mol. The number of carbonyl (C=O) groups is 1. The van der Waals surface area contributed by atoms with E-state index in [1.165, 1.54) is 18.2 Å². The van der Waals surface area contributed by atoms with Gasteiger partial charge in [0, 0.05) is 18.6 Å². The molecule has 5 nitrogen and oxygen atoms in total. The molecule has 2 aromatic rings. The second-order valence-electron chi connectivity index (χ2n) is 8.99. The molecule has 1 saturated heterocycles. The number of nitrogens with zero attached hydrogens (tertiary/aromatic N) is 1. The first kappa shape index (κ1) is 21.9. The highest BCUT2D eigenvalue weighted by Crippen LogP contribution is 2.62. The summed E-state index contributed by atoms with van der Waals surface area (Å²) < 4.78 is 54.6. The maximum atomic E-state index is 14.5. The summed E-state index contributed by atoms with van der Waals surface area (Å²) in [5, 5.41) is 0. The maximum absolute atomic E-state index is 14.5. The van der Waals surface area contributed by atoms with Crippen molar-refractivity contribution in [1.29, 1.82) is 0 Å². The average molecular weight is 449 g/mol. The van der Waals surface area contributed by atoms with Crippen molar-refractivity contribution in [3.8, 4) is 11.1 Å². The van der Waals surface area contributed by atoms with Gasteiger partial charge in [-0.2, -0.15) is 0 Å². The normalized spacial score (nSPS) is 28.0. The number of rotatable bonds is 5. The minimum atomic E-state index is -3.36. The van der Waals surface area contributed by atoms with Gasteiger partial charge in [-0.1, -0.05) is 37.3 Å². The summed E-state index contributed by atoms with van der Waals surface area (Å²) in [6.45, 7) is 4.10. The third kappa shape index (κ3) is 4.11. The van der Waals surface area contributed by atoms with E-state index in [0.29, 0.717) is 24.9 Å². The molecule has 1 saturated carbocycles. The van der Waals surface area contributed by atoms with Gasteiger partial charge in [0.2, 0.25) is 15.9 Å². The van der Waals surface area contributed by atoms with Crippen LogP contribution in [0, 0.1) is 17.0 Å². The Bertz CT molecular complexity index is 1120. The molecule has 1 aliphatic carbocycles. The number of likely N-dealkylation sites (tertiary alicyclic amines) is 1. The van der Waals surface area contributed by atoms with Crippen LogP contribution in [0.2, 0.25) is 0 Å². The van der Waals surface area contributed by atoms with Crippen molar-refractivity contribution in [3.05, 3.63) is 59.7 Å². The number of carbonyl (C=O) groups excluding carboxylic acids is 1. The van der Waals surface area contributed by atoms with Crippen LogP contribution in [0.5, 0.6) is 0 Å². The molecule has 1 aliphatic heterocycles. The lowest BCUT2D eigenvalue weighted by Gasteiger charge is -2.26. The Morgan fingerprint density at radius 3 is 2.42 bits per heavy atom. The lowest BCUT2D eigenvalue weighted by Crippen LogP contribution is -2.41. The minimum absolute atomic E-state index is 0.0494. The van der Waals surface area contributed by atoms with Gasteiger partial charge in [-0.25, -0.2) is 21.9 Å². The maximum Gasteiger partial charge on any atom is 0.229 e.